The van der Waals surface area contributed by atoms with Crippen LogP contribution >= 0.6 is 15.9 Å². The molecule has 3 aromatic rings. The second-order valence-corrected chi connectivity index (χ2v) is 6.36. The quantitative estimate of drug-likeness (QED) is 0.694. The first-order chi connectivity index (χ1) is 11.8. The zero-order valence-corrected chi connectivity index (χ0v) is 14.4. The van der Waals surface area contributed by atoms with Gasteiger partial charge in [0.25, 0.3) is 0 Å². The minimum atomic E-state index is 0.529. The molecule has 0 radical (unpaired) electrons. The Kier molecular flexibility index (Phi) is 4.04. The van der Waals surface area contributed by atoms with Crippen LogP contribution in [0, 0.1) is 0 Å². The van der Waals surface area contributed by atoms with Crippen molar-refractivity contribution in [1.82, 2.24) is 9.97 Å². The number of nitrogens with zero attached hydrogens (tertiary/aromatic N) is 2. The van der Waals surface area contributed by atoms with Crippen LogP contribution in [-0.2, 0) is 13.1 Å². The van der Waals surface area contributed by atoms with Crippen LogP contribution in [0.1, 0.15) is 11.1 Å². The Bertz CT molecular complexity index is 870. The average Bonchev–Trinajstić information content (AvgIpc) is 2.80. The van der Waals surface area contributed by atoms with E-state index in [2.05, 4.69) is 48.7 Å². The Labute approximate surface area is 148 Å². The third kappa shape index (κ3) is 3.05. The van der Waals surface area contributed by atoms with Gasteiger partial charge in [-0.3, -0.25) is 0 Å². The Hall–Kier alpha value is -2.60. The summed E-state index contributed by atoms with van der Waals surface area (Å²) in [5.41, 5.74) is 3.03. The molecule has 24 heavy (non-hydrogen) atoms. The summed E-state index contributed by atoms with van der Waals surface area (Å²) in [5, 5.41) is 6.73. The number of halogens is 1. The topological polar surface area (TPSA) is 59.1 Å². The standard InChI is InChI=1S/C18H15BrN4O/c19-14-6-7-15-13(8-14)10-20-16-17(22-11-23-18(16)24-15)21-9-12-4-2-1-3-5-12/h1-8,11,20H,9-10H2,(H,21,22,23). The third-order valence-corrected chi connectivity index (χ3v) is 4.29. The maximum atomic E-state index is 5.98. The lowest BCUT2D eigenvalue weighted by Crippen LogP contribution is -2.07. The number of rotatable bonds is 3. The molecule has 0 saturated heterocycles. The predicted octanol–water partition coefficient (Wildman–Crippen LogP) is 4.57. The molecule has 0 atom stereocenters. The minimum Gasteiger partial charge on any atom is -0.437 e. The predicted molar refractivity (Wildman–Crippen MR) is 97.3 cm³/mol. The van der Waals surface area contributed by atoms with Crippen LogP contribution in [-0.4, -0.2) is 9.97 Å². The first kappa shape index (κ1) is 15.0. The Morgan fingerprint density at radius 2 is 2.00 bits per heavy atom. The second-order valence-electron chi connectivity index (χ2n) is 5.45. The molecule has 2 N–H and O–H groups in total. The van der Waals surface area contributed by atoms with E-state index in [9.17, 15) is 0 Å². The van der Waals surface area contributed by atoms with Crippen molar-refractivity contribution in [3.63, 3.8) is 0 Å². The van der Waals surface area contributed by atoms with E-state index in [0.29, 0.717) is 19.0 Å². The highest BCUT2D eigenvalue weighted by Gasteiger charge is 2.19. The summed E-state index contributed by atoms with van der Waals surface area (Å²) >= 11 is 3.49. The van der Waals surface area contributed by atoms with Crippen LogP contribution in [0.5, 0.6) is 11.6 Å². The van der Waals surface area contributed by atoms with E-state index in [0.717, 1.165) is 27.3 Å². The molecule has 2 heterocycles. The number of nitrogens with one attached hydrogen (secondary N) is 2. The number of anilines is 2. The van der Waals surface area contributed by atoms with Crippen molar-refractivity contribution >= 4 is 27.4 Å². The Morgan fingerprint density at radius 3 is 2.88 bits per heavy atom. The fraction of sp³-hybridized carbons (Fsp3) is 0.111. The van der Waals surface area contributed by atoms with E-state index in [1.807, 2.05) is 36.4 Å². The first-order valence-electron chi connectivity index (χ1n) is 7.62. The summed E-state index contributed by atoms with van der Waals surface area (Å²) in [4.78, 5) is 8.62. The average molecular weight is 383 g/mol. The molecule has 0 bridgehead atoms. The smallest absolute Gasteiger partial charge is 0.248 e. The minimum absolute atomic E-state index is 0.529. The number of hydrogen-bond acceptors (Lipinski definition) is 5. The zero-order valence-electron chi connectivity index (χ0n) is 12.8. The molecule has 4 rings (SSSR count). The monoisotopic (exact) mass is 382 g/mol. The molecule has 0 aliphatic carbocycles. The summed E-state index contributed by atoms with van der Waals surface area (Å²) in [6.45, 7) is 1.33. The molecule has 0 fully saturated rings. The van der Waals surface area contributed by atoms with Gasteiger partial charge in [-0.05, 0) is 23.8 Å². The number of ether oxygens (including phenoxy) is 1. The van der Waals surface area contributed by atoms with E-state index in [1.165, 1.54) is 11.9 Å². The van der Waals surface area contributed by atoms with E-state index in [4.69, 9.17) is 4.74 Å². The molecule has 2 aromatic carbocycles. The number of aromatic nitrogens is 2. The lowest BCUT2D eigenvalue weighted by atomic mass is 10.2. The van der Waals surface area contributed by atoms with E-state index in [-0.39, 0.29) is 0 Å². The number of benzene rings is 2. The molecule has 120 valence electrons. The highest BCUT2D eigenvalue weighted by Crippen LogP contribution is 2.38. The van der Waals surface area contributed by atoms with Gasteiger partial charge in [-0.1, -0.05) is 46.3 Å². The third-order valence-electron chi connectivity index (χ3n) is 3.80. The summed E-state index contributed by atoms with van der Waals surface area (Å²) in [5.74, 6) is 2.06. The van der Waals surface area contributed by atoms with Crippen molar-refractivity contribution in [2.75, 3.05) is 10.6 Å². The SMILES string of the molecule is Brc1ccc2c(c1)CNc1c(NCc3ccccc3)ncnc1O2. The van der Waals surface area contributed by atoms with Crippen LogP contribution in [0.25, 0.3) is 0 Å². The van der Waals surface area contributed by atoms with Crippen LogP contribution in [0.3, 0.4) is 0 Å². The van der Waals surface area contributed by atoms with Gasteiger partial charge in [-0.15, -0.1) is 0 Å². The summed E-state index contributed by atoms with van der Waals surface area (Å²) in [6.07, 6.45) is 1.51. The fourth-order valence-corrected chi connectivity index (χ4v) is 3.00. The van der Waals surface area contributed by atoms with Gasteiger partial charge in [0.05, 0.1) is 0 Å². The lowest BCUT2D eigenvalue weighted by molar-refractivity contribution is 0.463. The van der Waals surface area contributed by atoms with E-state index < -0.39 is 0 Å². The molecule has 6 heteroatoms. The van der Waals surface area contributed by atoms with Gasteiger partial charge < -0.3 is 15.4 Å². The maximum absolute atomic E-state index is 5.98. The van der Waals surface area contributed by atoms with Gasteiger partial charge in [-0.2, -0.15) is 4.98 Å². The van der Waals surface area contributed by atoms with Gasteiger partial charge in [0.15, 0.2) is 5.82 Å². The molecule has 0 spiro atoms. The van der Waals surface area contributed by atoms with Crippen molar-refractivity contribution in [2.45, 2.75) is 13.1 Å². The summed E-state index contributed by atoms with van der Waals surface area (Å²) < 4.78 is 7.00. The molecule has 1 aliphatic heterocycles. The summed E-state index contributed by atoms with van der Waals surface area (Å²) in [7, 11) is 0. The van der Waals surface area contributed by atoms with Gasteiger partial charge in [0, 0.05) is 23.1 Å². The molecule has 0 unspecified atom stereocenters. The van der Waals surface area contributed by atoms with E-state index >= 15 is 0 Å². The van der Waals surface area contributed by atoms with Gasteiger partial charge in [0.1, 0.15) is 17.8 Å². The molecule has 1 aliphatic rings. The van der Waals surface area contributed by atoms with Gasteiger partial charge >= 0.3 is 0 Å². The van der Waals surface area contributed by atoms with Crippen LogP contribution < -0.4 is 15.4 Å². The largest absolute Gasteiger partial charge is 0.437 e. The maximum Gasteiger partial charge on any atom is 0.248 e. The fourth-order valence-electron chi connectivity index (χ4n) is 2.60. The molecule has 1 aromatic heterocycles. The molecular weight excluding hydrogens is 368 g/mol. The van der Waals surface area contributed by atoms with Crippen LogP contribution in [0.15, 0.2) is 59.3 Å². The molecule has 5 nitrogen and oxygen atoms in total. The zero-order chi connectivity index (χ0) is 16.4. The van der Waals surface area contributed by atoms with Crippen molar-refractivity contribution in [1.29, 1.82) is 0 Å². The van der Waals surface area contributed by atoms with Crippen molar-refractivity contribution < 1.29 is 4.74 Å². The highest BCUT2D eigenvalue weighted by molar-refractivity contribution is 9.10. The van der Waals surface area contributed by atoms with Crippen molar-refractivity contribution in [3.05, 3.63) is 70.5 Å². The van der Waals surface area contributed by atoms with Gasteiger partial charge in [0.2, 0.25) is 5.88 Å². The normalized spacial score (nSPS) is 12.2. The molecule has 0 saturated carbocycles. The second kappa shape index (κ2) is 6.49. The Balaban J connectivity index is 1.60. The van der Waals surface area contributed by atoms with Crippen LogP contribution in [0.2, 0.25) is 0 Å². The van der Waals surface area contributed by atoms with Gasteiger partial charge in [-0.25, -0.2) is 4.98 Å². The lowest BCUT2D eigenvalue weighted by Gasteiger charge is -2.12. The first-order valence-corrected chi connectivity index (χ1v) is 8.42. The molecular formula is C18H15BrN4O. The Morgan fingerprint density at radius 1 is 1.12 bits per heavy atom. The van der Waals surface area contributed by atoms with Crippen molar-refractivity contribution in [2.24, 2.45) is 0 Å². The van der Waals surface area contributed by atoms with Crippen LogP contribution in [0.4, 0.5) is 11.5 Å². The van der Waals surface area contributed by atoms with Crippen molar-refractivity contribution in [3.8, 4) is 11.6 Å². The number of fused-ring (bicyclic) bond motifs is 2. The summed E-state index contributed by atoms with van der Waals surface area (Å²) in [6, 6.07) is 16.1. The van der Waals surface area contributed by atoms with E-state index in [1.54, 1.807) is 0 Å². The number of hydrogen-bond donors (Lipinski definition) is 2. The molecule has 0 amide bonds. The highest BCUT2D eigenvalue weighted by atomic mass is 79.9.